The van der Waals surface area contributed by atoms with E-state index in [1.54, 1.807) is 20.8 Å². The molecule has 0 spiro atoms. The van der Waals surface area contributed by atoms with E-state index in [9.17, 15) is 14.4 Å². The number of urea groups is 1. The topological polar surface area (TPSA) is 103 Å². The van der Waals surface area contributed by atoms with Crippen molar-refractivity contribution in [3.05, 3.63) is 22.7 Å². The smallest absolute Gasteiger partial charge is 0.338 e. The van der Waals surface area contributed by atoms with Gasteiger partial charge in [-0.2, -0.15) is 0 Å². The quantitative estimate of drug-likeness (QED) is 0.711. The molecule has 8 nitrogen and oxygen atoms in total. The summed E-state index contributed by atoms with van der Waals surface area (Å²) in [5, 5.41) is 4.69. The van der Waals surface area contributed by atoms with Crippen LogP contribution < -0.4 is 20.1 Å². The van der Waals surface area contributed by atoms with Gasteiger partial charge in [0.25, 0.3) is 5.91 Å². The first-order valence-corrected chi connectivity index (χ1v) is 7.94. The Morgan fingerprint density at radius 3 is 2.48 bits per heavy atom. The van der Waals surface area contributed by atoms with Gasteiger partial charge in [0.1, 0.15) is 0 Å². The predicted octanol–water partition coefficient (Wildman–Crippen LogP) is 2.14. The summed E-state index contributed by atoms with van der Waals surface area (Å²) in [6.07, 6.45) is 0. The molecule has 0 bridgehead atoms. The van der Waals surface area contributed by atoms with Gasteiger partial charge in [-0.15, -0.1) is 0 Å². The molecule has 0 aliphatic rings. The number of nitrogens with one attached hydrogen (secondary N) is 2. The lowest BCUT2D eigenvalue weighted by atomic mass is 10.2. The third-order valence-corrected chi connectivity index (χ3v) is 3.04. The van der Waals surface area contributed by atoms with Gasteiger partial charge in [0, 0.05) is 6.04 Å². The van der Waals surface area contributed by atoms with Crippen molar-refractivity contribution in [3.63, 3.8) is 0 Å². The normalized spacial score (nSPS) is 10.2. The third-order valence-electron chi connectivity index (χ3n) is 2.76. The molecule has 0 saturated heterocycles. The van der Waals surface area contributed by atoms with Gasteiger partial charge >= 0.3 is 12.0 Å². The second-order valence-electron chi connectivity index (χ2n) is 5.17. The van der Waals surface area contributed by atoms with E-state index >= 15 is 0 Å². The Morgan fingerprint density at radius 2 is 1.92 bits per heavy atom. The Morgan fingerprint density at radius 1 is 1.24 bits per heavy atom. The molecular formula is C16H21ClN2O6. The Bertz CT molecular complexity index is 648. The number of ether oxygens (including phenoxy) is 3. The maximum absolute atomic E-state index is 12.0. The van der Waals surface area contributed by atoms with Crippen LogP contribution in [0.5, 0.6) is 11.5 Å². The van der Waals surface area contributed by atoms with Gasteiger partial charge in [-0.3, -0.25) is 10.1 Å². The molecule has 9 heteroatoms. The minimum atomic E-state index is -0.789. The highest BCUT2D eigenvalue weighted by molar-refractivity contribution is 6.32. The first-order valence-electron chi connectivity index (χ1n) is 7.56. The van der Waals surface area contributed by atoms with Crippen molar-refractivity contribution < 1.29 is 28.6 Å². The van der Waals surface area contributed by atoms with Gasteiger partial charge in [0.15, 0.2) is 18.1 Å². The van der Waals surface area contributed by atoms with Crippen molar-refractivity contribution in [2.45, 2.75) is 26.8 Å². The monoisotopic (exact) mass is 372 g/mol. The second kappa shape index (κ2) is 9.73. The summed E-state index contributed by atoms with van der Waals surface area (Å²) >= 11 is 6.07. The molecule has 0 aliphatic carbocycles. The van der Waals surface area contributed by atoms with Gasteiger partial charge < -0.3 is 19.5 Å². The lowest BCUT2D eigenvalue weighted by Crippen LogP contribution is -2.44. The molecule has 0 aliphatic heterocycles. The van der Waals surface area contributed by atoms with Crippen LogP contribution in [0.25, 0.3) is 0 Å². The number of carbonyl (C=O) groups excluding carboxylic acids is 3. The lowest BCUT2D eigenvalue weighted by Gasteiger charge is -2.13. The van der Waals surface area contributed by atoms with E-state index in [0.29, 0.717) is 12.4 Å². The number of halogens is 1. The van der Waals surface area contributed by atoms with Crippen LogP contribution in [0.15, 0.2) is 12.1 Å². The van der Waals surface area contributed by atoms with Crippen LogP contribution in [0.3, 0.4) is 0 Å². The molecule has 0 unspecified atom stereocenters. The van der Waals surface area contributed by atoms with Gasteiger partial charge in [-0.1, -0.05) is 11.6 Å². The SMILES string of the molecule is CCOc1c(Cl)cc(C(=O)OCC(=O)NC(=O)NC(C)C)cc1OC. The van der Waals surface area contributed by atoms with Crippen LogP contribution in [0.4, 0.5) is 4.79 Å². The summed E-state index contributed by atoms with van der Waals surface area (Å²) in [4.78, 5) is 35.0. The third kappa shape index (κ3) is 6.50. The number of hydrogen-bond donors (Lipinski definition) is 2. The van der Waals surface area contributed by atoms with E-state index in [4.69, 9.17) is 25.8 Å². The van der Waals surface area contributed by atoms with Crippen LogP contribution in [0.2, 0.25) is 5.02 Å². The number of methoxy groups -OCH3 is 1. The van der Waals surface area contributed by atoms with Gasteiger partial charge in [0.05, 0.1) is 24.3 Å². The second-order valence-corrected chi connectivity index (χ2v) is 5.58. The van der Waals surface area contributed by atoms with Crippen LogP contribution in [0.1, 0.15) is 31.1 Å². The van der Waals surface area contributed by atoms with Crippen molar-refractivity contribution in [2.75, 3.05) is 20.3 Å². The molecule has 2 N–H and O–H groups in total. The van der Waals surface area contributed by atoms with E-state index in [0.717, 1.165) is 0 Å². The Balaban J connectivity index is 2.70. The van der Waals surface area contributed by atoms with Crippen molar-refractivity contribution in [3.8, 4) is 11.5 Å². The van der Waals surface area contributed by atoms with Crippen molar-refractivity contribution in [2.24, 2.45) is 0 Å². The molecule has 0 atom stereocenters. The number of esters is 1. The number of amides is 3. The van der Waals surface area contributed by atoms with Crippen LogP contribution in [-0.4, -0.2) is 44.3 Å². The largest absolute Gasteiger partial charge is 0.493 e. The zero-order valence-electron chi connectivity index (χ0n) is 14.5. The number of hydrogen-bond acceptors (Lipinski definition) is 6. The van der Waals surface area contributed by atoms with E-state index in [1.807, 2.05) is 5.32 Å². The molecule has 25 heavy (non-hydrogen) atoms. The average molecular weight is 373 g/mol. The van der Waals surface area contributed by atoms with Crippen LogP contribution in [-0.2, 0) is 9.53 Å². The maximum Gasteiger partial charge on any atom is 0.338 e. The number of imide groups is 1. The highest BCUT2D eigenvalue weighted by Crippen LogP contribution is 2.36. The zero-order chi connectivity index (χ0) is 19.0. The fraction of sp³-hybridized carbons (Fsp3) is 0.438. The molecule has 1 aromatic carbocycles. The fourth-order valence-electron chi connectivity index (χ4n) is 1.80. The molecule has 1 aromatic rings. The van der Waals surface area contributed by atoms with Crippen LogP contribution in [0, 0.1) is 0 Å². The fourth-order valence-corrected chi connectivity index (χ4v) is 2.06. The summed E-state index contributed by atoms with van der Waals surface area (Å²) in [6.45, 7) is 5.03. The van der Waals surface area contributed by atoms with Crippen molar-refractivity contribution in [1.29, 1.82) is 0 Å². The summed E-state index contributed by atoms with van der Waals surface area (Å²) in [5.74, 6) is -0.966. The Hall–Kier alpha value is -2.48. The predicted molar refractivity (Wildman–Crippen MR) is 91.3 cm³/mol. The molecule has 0 radical (unpaired) electrons. The maximum atomic E-state index is 12.0. The zero-order valence-corrected chi connectivity index (χ0v) is 15.2. The first kappa shape index (κ1) is 20.6. The summed E-state index contributed by atoms with van der Waals surface area (Å²) in [6, 6.07) is 1.94. The van der Waals surface area contributed by atoms with Crippen molar-refractivity contribution >= 4 is 29.5 Å². The first-order chi connectivity index (χ1) is 11.8. The van der Waals surface area contributed by atoms with Crippen LogP contribution >= 0.6 is 11.6 Å². The van der Waals surface area contributed by atoms with Crippen molar-refractivity contribution in [1.82, 2.24) is 10.6 Å². The Kier molecular flexibility index (Phi) is 8.00. The molecule has 0 aromatic heterocycles. The van der Waals surface area contributed by atoms with E-state index in [-0.39, 0.29) is 22.4 Å². The van der Waals surface area contributed by atoms with Gasteiger partial charge in [0.2, 0.25) is 0 Å². The standard InChI is InChI=1S/C16H21ClN2O6/c1-5-24-14-11(17)6-10(7-12(14)23-4)15(21)25-8-13(20)19-16(22)18-9(2)3/h6-7,9H,5,8H2,1-4H3,(H2,18,19,20,22). The number of rotatable bonds is 7. The molecular weight excluding hydrogens is 352 g/mol. The molecule has 0 fully saturated rings. The molecule has 0 heterocycles. The average Bonchev–Trinajstić information content (AvgIpc) is 2.53. The highest BCUT2D eigenvalue weighted by atomic mass is 35.5. The van der Waals surface area contributed by atoms with E-state index in [2.05, 4.69) is 5.32 Å². The summed E-state index contributed by atoms with van der Waals surface area (Å²) in [5.41, 5.74) is 0.0877. The molecule has 0 saturated carbocycles. The minimum Gasteiger partial charge on any atom is -0.493 e. The van der Waals surface area contributed by atoms with Gasteiger partial charge in [-0.05, 0) is 32.9 Å². The molecule has 3 amide bonds. The molecule has 138 valence electrons. The van der Waals surface area contributed by atoms with E-state index < -0.39 is 24.5 Å². The minimum absolute atomic E-state index is 0.0877. The summed E-state index contributed by atoms with van der Waals surface area (Å²) < 4.78 is 15.3. The lowest BCUT2D eigenvalue weighted by molar-refractivity contribution is -0.123. The number of benzene rings is 1. The highest BCUT2D eigenvalue weighted by Gasteiger charge is 2.18. The van der Waals surface area contributed by atoms with Gasteiger partial charge in [-0.25, -0.2) is 9.59 Å². The van der Waals surface area contributed by atoms with E-state index in [1.165, 1.54) is 19.2 Å². The molecule has 1 rings (SSSR count). The Labute approximate surface area is 150 Å². The summed E-state index contributed by atoms with van der Waals surface area (Å²) in [7, 11) is 1.41. The number of carbonyl (C=O) groups is 3.